The zero-order valence-corrected chi connectivity index (χ0v) is 13.7. The van der Waals surface area contributed by atoms with Crippen LogP contribution >= 0.6 is 27.7 Å². The van der Waals surface area contributed by atoms with Crippen LogP contribution in [0.1, 0.15) is 5.56 Å². The number of para-hydroxylation sites is 2. The van der Waals surface area contributed by atoms with E-state index in [1.54, 1.807) is 30.3 Å². The summed E-state index contributed by atoms with van der Waals surface area (Å²) in [5.41, 5.74) is 1.35. The van der Waals surface area contributed by atoms with Gasteiger partial charge in [0, 0.05) is 4.47 Å². The second kappa shape index (κ2) is 6.37. The number of phenolic OH excluding ortho intramolecular Hbond substituents is 1. The Balaban J connectivity index is 1.86. The number of hydrogen-bond donors (Lipinski definition) is 2. The van der Waals surface area contributed by atoms with Crippen molar-refractivity contribution in [2.45, 2.75) is 0 Å². The molecule has 4 nitrogen and oxygen atoms in total. The topological polar surface area (TPSA) is 61.7 Å². The molecule has 0 radical (unpaired) electrons. The number of amidine groups is 1. The molecule has 2 N–H and O–H groups in total. The molecular formula is C16H11BrN2O2S. The molecule has 0 unspecified atom stereocenters. The van der Waals surface area contributed by atoms with Crippen LogP contribution in [0, 0.1) is 0 Å². The number of nitrogens with zero attached hydrogens (tertiary/aromatic N) is 1. The molecule has 1 aliphatic heterocycles. The first-order chi connectivity index (χ1) is 10.6. The molecule has 2 aromatic rings. The highest BCUT2D eigenvalue weighted by atomic mass is 79.9. The maximum absolute atomic E-state index is 12.0. The molecule has 0 saturated carbocycles. The van der Waals surface area contributed by atoms with Gasteiger partial charge in [0.05, 0.1) is 4.91 Å². The fourth-order valence-electron chi connectivity index (χ4n) is 1.90. The van der Waals surface area contributed by atoms with Gasteiger partial charge in [0.1, 0.15) is 11.4 Å². The second-order valence-corrected chi connectivity index (χ2v) is 6.47. The van der Waals surface area contributed by atoms with Crippen LogP contribution in [-0.2, 0) is 4.79 Å². The maximum atomic E-state index is 12.0. The van der Waals surface area contributed by atoms with E-state index in [2.05, 4.69) is 26.2 Å². The first-order valence-corrected chi connectivity index (χ1v) is 8.06. The van der Waals surface area contributed by atoms with Gasteiger partial charge in [-0.2, -0.15) is 0 Å². The van der Waals surface area contributed by atoms with Gasteiger partial charge in [0.15, 0.2) is 5.17 Å². The minimum absolute atomic E-state index is 0.0780. The van der Waals surface area contributed by atoms with E-state index in [0.29, 0.717) is 15.8 Å². The van der Waals surface area contributed by atoms with E-state index in [1.807, 2.05) is 24.3 Å². The Morgan fingerprint density at radius 2 is 2.00 bits per heavy atom. The Morgan fingerprint density at radius 3 is 2.77 bits per heavy atom. The van der Waals surface area contributed by atoms with E-state index in [4.69, 9.17) is 0 Å². The standard InChI is InChI=1S/C16H11BrN2O2S/c17-11-5-3-4-10(8-11)9-14-15(21)19-16(22-14)18-12-6-1-2-7-13(12)20/h1-9,20H,(H,18,19,21)/b14-9+. The summed E-state index contributed by atoms with van der Waals surface area (Å²) in [4.78, 5) is 16.8. The highest BCUT2D eigenvalue weighted by Gasteiger charge is 2.24. The molecule has 1 aliphatic rings. The second-order valence-electron chi connectivity index (χ2n) is 4.53. The molecule has 1 saturated heterocycles. The van der Waals surface area contributed by atoms with Gasteiger partial charge in [0.2, 0.25) is 0 Å². The number of carbonyl (C=O) groups is 1. The van der Waals surface area contributed by atoms with Gasteiger partial charge in [-0.05, 0) is 47.7 Å². The van der Waals surface area contributed by atoms with Crippen molar-refractivity contribution in [3.63, 3.8) is 0 Å². The molecule has 2 aromatic carbocycles. The van der Waals surface area contributed by atoms with Crippen LogP contribution in [0.2, 0.25) is 0 Å². The smallest absolute Gasteiger partial charge is 0.264 e. The molecule has 110 valence electrons. The maximum Gasteiger partial charge on any atom is 0.264 e. The van der Waals surface area contributed by atoms with Gasteiger partial charge >= 0.3 is 0 Å². The average molecular weight is 375 g/mol. The van der Waals surface area contributed by atoms with Crippen molar-refractivity contribution in [3.8, 4) is 5.75 Å². The van der Waals surface area contributed by atoms with Crippen LogP contribution in [0.4, 0.5) is 5.69 Å². The third-order valence-electron chi connectivity index (χ3n) is 2.90. The fraction of sp³-hybridized carbons (Fsp3) is 0. The van der Waals surface area contributed by atoms with Crippen LogP contribution in [0.3, 0.4) is 0 Å². The molecule has 0 bridgehead atoms. The van der Waals surface area contributed by atoms with Crippen molar-refractivity contribution in [2.75, 3.05) is 0 Å². The van der Waals surface area contributed by atoms with Crippen LogP contribution in [0.15, 0.2) is 62.9 Å². The Bertz CT molecular complexity index is 802. The number of carbonyl (C=O) groups excluding carboxylic acids is 1. The van der Waals surface area contributed by atoms with Crippen LogP contribution < -0.4 is 5.32 Å². The van der Waals surface area contributed by atoms with Crippen LogP contribution in [0.25, 0.3) is 6.08 Å². The summed E-state index contributed by atoms with van der Waals surface area (Å²) in [7, 11) is 0. The summed E-state index contributed by atoms with van der Waals surface area (Å²) in [5, 5.41) is 12.9. The number of halogens is 1. The predicted octanol–water partition coefficient (Wildman–Crippen LogP) is 4.05. The van der Waals surface area contributed by atoms with Crippen molar-refractivity contribution < 1.29 is 9.90 Å². The number of phenols is 1. The number of hydrogen-bond acceptors (Lipinski definition) is 4. The molecule has 1 amide bonds. The summed E-state index contributed by atoms with van der Waals surface area (Å²) in [5.74, 6) is -0.117. The lowest BCUT2D eigenvalue weighted by Gasteiger charge is -1.98. The zero-order valence-electron chi connectivity index (χ0n) is 11.3. The molecular weight excluding hydrogens is 364 g/mol. The Morgan fingerprint density at radius 1 is 1.18 bits per heavy atom. The van der Waals surface area contributed by atoms with E-state index in [0.717, 1.165) is 10.0 Å². The fourth-order valence-corrected chi connectivity index (χ4v) is 3.15. The number of rotatable bonds is 2. The van der Waals surface area contributed by atoms with Crippen molar-refractivity contribution in [3.05, 3.63) is 63.5 Å². The van der Waals surface area contributed by atoms with E-state index < -0.39 is 0 Å². The molecule has 0 aromatic heterocycles. The first kappa shape index (κ1) is 14.9. The third kappa shape index (κ3) is 3.40. The minimum atomic E-state index is -0.195. The summed E-state index contributed by atoms with van der Waals surface area (Å²) in [6, 6.07) is 14.4. The van der Waals surface area contributed by atoms with Gasteiger partial charge in [-0.15, -0.1) is 0 Å². The molecule has 0 aliphatic carbocycles. The quantitative estimate of drug-likeness (QED) is 0.779. The van der Waals surface area contributed by atoms with Crippen molar-refractivity contribution in [2.24, 2.45) is 4.99 Å². The molecule has 0 atom stereocenters. The third-order valence-corrected chi connectivity index (χ3v) is 4.30. The molecule has 3 rings (SSSR count). The van der Waals surface area contributed by atoms with Crippen LogP contribution in [0.5, 0.6) is 5.75 Å². The summed E-state index contributed by atoms with van der Waals surface area (Å²) < 4.78 is 0.952. The lowest BCUT2D eigenvalue weighted by Crippen LogP contribution is -2.19. The molecule has 22 heavy (non-hydrogen) atoms. The molecule has 1 fully saturated rings. The first-order valence-electron chi connectivity index (χ1n) is 6.45. The summed E-state index contributed by atoms with van der Waals surface area (Å²) in [6.07, 6.45) is 1.80. The summed E-state index contributed by atoms with van der Waals surface area (Å²) >= 11 is 4.65. The highest BCUT2D eigenvalue weighted by Crippen LogP contribution is 2.31. The van der Waals surface area contributed by atoms with E-state index >= 15 is 0 Å². The number of benzene rings is 2. The zero-order chi connectivity index (χ0) is 15.5. The van der Waals surface area contributed by atoms with Gasteiger partial charge in [-0.3, -0.25) is 4.79 Å². The van der Waals surface area contributed by atoms with E-state index in [9.17, 15) is 9.90 Å². The molecule has 0 spiro atoms. The SMILES string of the molecule is O=C1NC(=Nc2ccccc2O)S/C1=C/c1cccc(Br)c1. The number of aliphatic imine (C=N–C) groups is 1. The molecule has 1 heterocycles. The monoisotopic (exact) mass is 374 g/mol. The van der Waals surface area contributed by atoms with E-state index in [1.165, 1.54) is 11.8 Å². The van der Waals surface area contributed by atoms with E-state index in [-0.39, 0.29) is 11.7 Å². The van der Waals surface area contributed by atoms with Gasteiger partial charge in [-0.25, -0.2) is 4.99 Å². The Hall–Kier alpha value is -2.05. The van der Waals surface area contributed by atoms with Crippen molar-refractivity contribution in [1.29, 1.82) is 0 Å². The van der Waals surface area contributed by atoms with Crippen molar-refractivity contribution >= 4 is 50.5 Å². The largest absolute Gasteiger partial charge is 0.506 e. The number of amides is 1. The number of aromatic hydroxyl groups is 1. The lowest BCUT2D eigenvalue weighted by atomic mass is 10.2. The number of nitrogens with one attached hydrogen (secondary N) is 1. The van der Waals surface area contributed by atoms with Crippen LogP contribution in [-0.4, -0.2) is 16.2 Å². The van der Waals surface area contributed by atoms with Gasteiger partial charge < -0.3 is 10.4 Å². The minimum Gasteiger partial charge on any atom is -0.506 e. The number of thioether (sulfide) groups is 1. The highest BCUT2D eigenvalue weighted by molar-refractivity contribution is 9.10. The van der Waals surface area contributed by atoms with Gasteiger partial charge in [-0.1, -0.05) is 40.2 Å². The lowest BCUT2D eigenvalue weighted by molar-refractivity contribution is -0.115. The van der Waals surface area contributed by atoms with Gasteiger partial charge in [0.25, 0.3) is 5.91 Å². The molecule has 6 heteroatoms. The predicted molar refractivity (Wildman–Crippen MR) is 93.1 cm³/mol. The Kier molecular flexibility index (Phi) is 4.31. The average Bonchev–Trinajstić information content (AvgIpc) is 2.81. The Labute approximate surface area is 140 Å². The van der Waals surface area contributed by atoms with Crippen molar-refractivity contribution in [1.82, 2.24) is 5.32 Å². The normalized spacial score (nSPS) is 18.0. The summed E-state index contributed by atoms with van der Waals surface area (Å²) in [6.45, 7) is 0.